The van der Waals surface area contributed by atoms with Gasteiger partial charge in [-0.05, 0) is 36.4 Å². The van der Waals surface area contributed by atoms with E-state index in [0.717, 1.165) is 18.0 Å². The highest BCUT2D eigenvalue weighted by atomic mass is 32.1. The SMILES string of the molecule is c1ccc(C2CCCN2Cc2nc(-c3cccs3)no2)cc1. The molecule has 1 aromatic carbocycles. The first-order valence-corrected chi connectivity index (χ1v) is 8.43. The molecule has 1 aliphatic rings. The summed E-state index contributed by atoms with van der Waals surface area (Å²) in [6.45, 7) is 1.80. The van der Waals surface area contributed by atoms with Crippen molar-refractivity contribution in [3.63, 3.8) is 0 Å². The van der Waals surface area contributed by atoms with Crippen molar-refractivity contribution in [2.45, 2.75) is 25.4 Å². The van der Waals surface area contributed by atoms with Crippen molar-refractivity contribution >= 4 is 11.3 Å². The molecule has 1 unspecified atom stereocenters. The Morgan fingerprint density at radius 1 is 1.18 bits per heavy atom. The summed E-state index contributed by atoms with van der Waals surface area (Å²) >= 11 is 1.63. The summed E-state index contributed by atoms with van der Waals surface area (Å²) in [4.78, 5) is 8.02. The van der Waals surface area contributed by atoms with E-state index in [1.165, 1.54) is 18.4 Å². The molecule has 5 heteroatoms. The average molecular weight is 311 g/mol. The van der Waals surface area contributed by atoms with Gasteiger partial charge in [0.2, 0.25) is 11.7 Å². The van der Waals surface area contributed by atoms with E-state index in [1.807, 2.05) is 17.5 Å². The summed E-state index contributed by atoms with van der Waals surface area (Å²) in [5, 5.41) is 6.12. The van der Waals surface area contributed by atoms with Crippen LogP contribution in [0.1, 0.15) is 30.3 Å². The number of aromatic nitrogens is 2. The molecule has 22 heavy (non-hydrogen) atoms. The van der Waals surface area contributed by atoms with Gasteiger partial charge in [-0.1, -0.05) is 41.6 Å². The highest BCUT2D eigenvalue weighted by Crippen LogP contribution is 2.33. The van der Waals surface area contributed by atoms with E-state index in [4.69, 9.17) is 4.52 Å². The lowest BCUT2D eigenvalue weighted by atomic mass is 10.0. The molecule has 0 amide bonds. The summed E-state index contributed by atoms with van der Waals surface area (Å²) in [5.41, 5.74) is 1.37. The van der Waals surface area contributed by atoms with Gasteiger partial charge in [-0.25, -0.2) is 0 Å². The van der Waals surface area contributed by atoms with E-state index in [0.29, 0.717) is 17.8 Å². The second-order valence-electron chi connectivity index (χ2n) is 5.53. The van der Waals surface area contributed by atoms with Crippen molar-refractivity contribution in [1.29, 1.82) is 0 Å². The van der Waals surface area contributed by atoms with Gasteiger partial charge in [0.1, 0.15) is 0 Å². The fourth-order valence-electron chi connectivity index (χ4n) is 3.07. The Bertz CT molecular complexity index is 723. The van der Waals surface area contributed by atoms with Gasteiger partial charge in [0.25, 0.3) is 0 Å². The Balaban J connectivity index is 1.51. The fraction of sp³-hybridized carbons (Fsp3) is 0.294. The minimum atomic E-state index is 0.457. The van der Waals surface area contributed by atoms with Crippen molar-refractivity contribution in [1.82, 2.24) is 15.0 Å². The van der Waals surface area contributed by atoms with E-state index in [1.54, 1.807) is 11.3 Å². The topological polar surface area (TPSA) is 42.2 Å². The third-order valence-electron chi connectivity index (χ3n) is 4.10. The van der Waals surface area contributed by atoms with Crippen LogP contribution in [0.3, 0.4) is 0 Å². The molecule has 1 saturated heterocycles. The van der Waals surface area contributed by atoms with Crippen molar-refractivity contribution in [2.24, 2.45) is 0 Å². The van der Waals surface area contributed by atoms with Crippen molar-refractivity contribution < 1.29 is 4.52 Å². The van der Waals surface area contributed by atoms with Crippen LogP contribution in [0.25, 0.3) is 10.7 Å². The Morgan fingerprint density at radius 2 is 2.09 bits per heavy atom. The van der Waals surface area contributed by atoms with E-state index < -0.39 is 0 Å². The molecule has 1 atom stereocenters. The zero-order valence-electron chi connectivity index (χ0n) is 12.2. The maximum absolute atomic E-state index is 5.44. The van der Waals surface area contributed by atoms with Gasteiger partial charge in [-0.2, -0.15) is 4.98 Å². The number of hydrogen-bond donors (Lipinski definition) is 0. The van der Waals surface area contributed by atoms with Gasteiger partial charge in [-0.15, -0.1) is 11.3 Å². The van der Waals surface area contributed by atoms with Crippen LogP contribution >= 0.6 is 11.3 Å². The van der Waals surface area contributed by atoms with Crippen molar-refractivity contribution in [3.05, 3.63) is 59.3 Å². The lowest BCUT2D eigenvalue weighted by Crippen LogP contribution is -2.22. The highest BCUT2D eigenvalue weighted by Gasteiger charge is 2.27. The maximum Gasteiger partial charge on any atom is 0.241 e. The highest BCUT2D eigenvalue weighted by molar-refractivity contribution is 7.13. The van der Waals surface area contributed by atoms with Crippen LogP contribution in [-0.4, -0.2) is 21.6 Å². The standard InChI is InChI=1S/C17H17N3OS/c1-2-6-13(7-3-1)14-8-4-10-20(14)12-16-18-17(19-21-16)15-9-5-11-22-15/h1-3,5-7,9,11,14H,4,8,10,12H2. The summed E-state index contributed by atoms with van der Waals surface area (Å²) < 4.78 is 5.44. The minimum absolute atomic E-state index is 0.457. The molecule has 1 aliphatic heterocycles. The summed E-state index contributed by atoms with van der Waals surface area (Å²) in [6.07, 6.45) is 2.40. The predicted molar refractivity (Wildman–Crippen MR) is 86.4 cm³/mol. The fourth-order valence-corrected chi connectivity index (χ4v) is 3.72. The lowest BCUT2D eigenvalue weighted by molar-refractivity contribution is 0.212. The van der Waals surface area contributed by atoms with E-state index in [2.05, 4.69) is 45.4 Å². The molecule has 0 N–H and O–H groups in total. The van der Waals surface area contributed by atoms with Gasteiger partial charge >= 0.3 is 0 Å². The largest absolute Gasteiger partial charge is 0.338 e. The zero-order valence-corrected chi connectivity index (χ0v) is 13.0. The van der Waals surface area contributed by atoms with Gasteiger partial charge in [-0.3, -0.25) is 4.90 Å². The van der Waals surface area contributed by atoms with E-state index in [-0.39, 0.29) is 0 Å². The summed E-state index contributed by atoms with van der Waals surface area (Å²) in [6, 6.07) is 15.2. The van der Waals surface area contributed by atoms with Gasteiger partial charge in [0.15, 0.2) is 0 Å². The maximum atomic E-state index is 5.44. The van der Waals surface area contributed by atoms with Crippen LogP contribution in [-0.2, 0) is 6.54 Å². The number of rotatable bonds is 4. The van der Waals surface area contributed by atoms with Gasteiger partial charge < -0.3 is 4.52 Å². The number of thiophene rings is 1. The van der Waals surface area contributed by atoms with Crippen LogP contribution in [0, 0.1) is 0 Å². The van der Waals surface area contributed by atoms with Crippen LogP contribution < -0.4 is 0 Å². The second kappa shape index (κ2) is 6.02. The molecule has 0 bridgehead atoms. The summed E-state index contributed by atoms with van der Waals surface area (Å²) in [7, 11) is 0. The number of likely N-dealkylation sites (tertiary alicyclic amines) is 1. The molecule has 0 aliphatic carbocycles. The monoisotopic (exact) mass is 311 g/mol. The molecule has 0 radical (unpaired) electrons. The molecular formula is C17H17N3OS. The van der Waals surface area contributed by atoms with Crippen molar-refractivity contribution in [3.8, 4) is 10.7 Å². The zero-order chi connectivity index (χ0) is 14.8. The number of benzene rings is 1. The number of nitrogens with zero attached hydrogens (tertiary/aromatic N) is 3. The van der Waals surface area contributed by atoms with Crippen LogP contribution in [0.2, 0.25) is 0 Å². The second-order valence-corrected chi connectivity index (χ2v) is 6.48. The molecular weight excluding hydrogens is 294 g/mol. The first-order valence-electron chi connectivity index (χ1n) is 7.55. The molecule has 2 aromatic heterocycles. The molecule has 4 rings (SSSR count). The Hall–Kier alpha value is -1.98. The molecule has 0 saturated carbocycles. The van der Waals surface area contributed by atoms with E-state index >= 15 is 0 Å². The van der Waals surface area contributed by atoms with E-state index in [9.17, 15) is 0 Å². The molecule has 1 fully saturated rings. The Labute approximate surface area is 133 Å². The molecule has 0 spiro atoms. The van der Waals surface area contributed by atoms with Crippen molar-refractivity contribution in [2.75, 3.05) is 6.54 Å². The molecule has 3 heterocycles. The lowest BCUT2D eigenvalue weighted by Gasteiger charge is -2.22. The molecule has 112 valence electrons. The molecule has 3 aromatic rings. The normalized spacial score (nSPS) is 18.8. The minimum Gasteiger partial charge on any atom is -0.338 e. The first-order chi connectivity index (χ1) is 10.9. The third-order valence-corrected chi connectivity index (χ3v) is 4.96. The predicted octanol–water partition coefficient (Wildman–Crippen LogP) is 4.14. The van der Waals surface area contributed by atoms with Crippen LogP contribution in [0.5, 0.6) is 0 Å². The Morgan fingerprint density at radius 3 is 2.91 bits per heavy atom. The van der Waals surface area contributed by atoms with Crippen LogP contribution in [0.15, 0.2) is 52.4 Å². The van der Waals surface area contributed by atoms with Gasteiger partial charge in [0.05, 0.1) is 11.4 Å². The molecule has 4 nitrogen and oxygen atoms in total. The summed E-state index contributed by atoms with van der Waals surface area (Å²) in [5.74, 6) is 1.40. The average Bonchev–Trinajstić information content (AvgIpc) is 3.30. The van der Waals surface area contributed by atoms with Gasteiger partial charge in [0, 0.05) is 6.04 Å². The first kappa shape index (κ1) is 13.7. The third kappa shape index (κ3) is 2.69. The smallest absolute Gasteiger partial charge is 0.241 e. The number of hydrogen-bond acceptors (Lipinski definition) is 5. The Kier molecular flexibility index (Phi) is 3.74. The quantitative estimate of drug-likeness (QED) is 0.726. The van der Waals surface area contributed by atoms with Crippen LogP contribution in [0.4, 0.5) is 0 Å².